The number of anilines is 1. The number of rotatable bonds is 4. The van der Waals surface area contributed by atoms with Gasteiger partial charge in [-0.2, -0.15) is 0 Å². The minimum atomic E-state index is -0.832. The van der Waals surface area contributed by atoms with E-state index in [1.165, 1.54) is 0 Å². The largest absolute Gasteiger partial charge is 0.481 e. The number of nitrogen functional groups attached to an aromatic ring is 1. The number of hydrogen-bond donors (Lipinski definition) is 4. The third-order valence-electron chi connectivity index (χ3n) is 3.34. The van der Waals surface area contributed by atoms with Crippen molar-refractivity contribution in [3.8, 4) is 0 Å². The number of carboxylic acid groups (broad SMARTS) is 1. The van der Waals surface area contributed by atoms with Crippen molar-refractivity contribution < 1.29 is 15.0 Å². The molecule has 5 nitrogen and oxygen atoms in total. The summed E-state index contributed by atoms with van der Waals surface area (Å²) in [5.41, 5.74) is 8.39. The SMILES string of the molecule is Nc1ccc2c(c1)CCC(NCCC(=O)O)C2O. The van der Waals surface area contributed by atoms with Gasteiger partial charge in [-0.25, -0.2) is 0 Å². The molecule has 18 heavy (non-hydrogen) atoms. The molecule has 98 valence electrons. The van der Waals surface area contributed by atoms with Crippen molar-refractivity contribution >= 4 is 11.7 Å². The highest BCUT2D eigenvalue weighted by molar-refractivity contribution is 5.66. The summed E-state index contributed by atoms with van der Waals surface area (Å²) in [4.78, 5) is 10.4. The summed E-state index contributed by atoms with van der Waals surface area (Å²) in [7, 11) is 0. The number of aliphatic hydroxyl groups is 1. The standard InChI is InChI=1S/C13H18N2O3/c14-9-2-3-10-8(7-9)1-4-11(13(10)18)15-6-5-12(16)17/h2-3,7,11,13,15,18H,1,4-6,14H2,(H,16,17). The van der Waals surface area contributed by atoms with Crippen molar-refractivity contribution in [3.05, 3.63) is 29.3 Å². The van der Waals surface area contributed by atoms with Gasteiger partial charge in [-0.15, -0.1) is 0 Å². The Morgan fingerprint density at radius 2 is 2.28 bits per heavy atom. The minimum Gasteiger partial charge on any atom is -0.481 e. The lowest BCUT2D eigenvalue weighted by molar-refractivity contribution is -0.136. The monoisotopic (exact) mass is 250 g/mol. The Balaban J connectivity index is 2.01. The summed E-state index contributed by atoms with van der Waals surface area (Å²) >= 11 is 0. The zero-order valence-corrected chi connectivity index (χ0v) is 10.1. The van der Waals surface area contributed by atoms with Crippen molar-refractivity contribution in [1.29, 1.82) is 0 Å². The molecular formula is C13H18N2O3. The summed E-state index contributed by atoms with van der Waals surface area (Å²) in [6.07, 6.45) is 1.11. The maximum atomic E-state index is 10.4. The van der Waals surface area contributed by atoms with Crippen LogP contribution >= 0.6 is 0 Å². The van der Waals surface area contributed by atoms with Crippen LogP contribution in [-0.4, -0.2) is 28.8 Å². The summed E-state index contributed by atoms with van der Waals surface area (Å²) in [5.74, 6) is -0.832. The lowest BCUT2D eigenvalue weighted by Gasteiger charge is -2.31. The van der Waals surface area contributed by atoms with Gasteiger partial charge in [0.25, 0.3) is 0 Å². The van der Waals surface area contributed by atoms with Gasteiger partial charge in [0.05, 0.1) is 12.5 Å². The number of carbonyl (C=O) groups is 1. The van der Waals surface area contributed by atoms with E-state index < -0.39 is 12.1 Å². The molecular weight excluding hydrogens is 232 g/mol. The van der Waals surface area contributed by atoms with E-state index in [1.54, 1.807) is 6.07 Å². The molecule has 2 atom stereocenters. The Hall–Kier alpha value is -1.59. The molecule has 0 amide bonds. The van der Waals surface area contributed by atoms with Gasteiger partial charge in [0.15, 0.2) is 0 Å². The summed E-state index contributed by atoms with van der Waals surface area (Å²) in [6, 6.07) is 5.44. The van der Waals surface area contributed by atoms with Gasteiger partial charge >= 0.3 is 5.97 Å². The Kier molecular flexibility index (Phi) is 3.84. The first-order chi connectivity index (χ1) is 8.58. The number of fused-ring (bicyclic) bond motifs is 1. The Morgan fingerprint density at radius 1 is 1.50 bits per heavy atom. The van der Waals surface area contributed by atoms with E-state index in [9.17, 15) is 9.90 Å². The van der Waals surface area contributed by atoms with Crippen LogP contribution in [0.25, 0.3) is 0 Å². The molecule has 0 aliphatic heterocycles. The highest BCUT2D eigenvalue weighted by Crippen LogP contribution is 2.31. The Morgan fingerprint density at radius 3 is 3.00 bits per heavy atom. The topological polar surface area (TPSA) is 95.6 Å². The molecule has 2 rings (SSSR count). The fraction of sp³-hybridized carbons (Fsp3) is 0.462. The van der Waals surface area contributed by atoms with E-state index in [2.05, 4.69) is 5.32 Å². The van der Waals surface area contributed by atoms with Crippen LogP contribution in [0.15, 0.2) is 18.2 Å². The lowest BCUT2D eigenvalue weighted by atomic mass is 9.85. The second-order valence-corrected chi connectivity index (χ2v) is 4.65. The fourth-order valence-electron chi connectivity index (χ4n) is 2.39. The van der Waals surface area contributed by atoms with Crippen LogP contribution in [0.3, 0.4) is 0 Å². The summed E-state index contributed by atoms with van der Waals surface area (Å²) in [5, 5.41) is 21.9. The molecule has 5 N–H and O–H groups in total. The van der Waals surface area contributed by atoms with E-state index in [0.29, 0.717) is 12.2 Å². The van der Waals surface area contributed by atoms with E-state index in [-0.39, 0.29) is 12.5 Å². The lowest BCUT2D eigenvalue weighted by Crippen LogP contribution is -2.39. The zero-order valence-electron chi connectivity index (χ0n) is 10.1. The second kappa shape index (κ2) is 5.37. The molecule has 0 radical (unpaired) electrons. The third kappa shape index (κ3) is 2.80. The minimum absolute atomic E-state index is 0.0673. The molecule has 0 fully saturated rings. The van der Waals surface area contributed by atoms with Crippen molar-refractivity contribution in [2.75, 3.05) is 12.3 Å². The van der Waals surface area contributed by atoms with Crippen LogP contribution in [0.5, 0.6) is 0 Å². The maximum Gasteiger partial charge on any atom is 0.304 e. The average molecular weight is 250 g/mol. The van der Waals surface area contributed by atoms with Crippen LogP contribution in [0, 0.1) is 0 Å². The number of nitrogens with one attached hydrogen (secondary N) is 1. The number of aliphatic carboxylic acids is 1. The van der Waals surface area contributed by atoms with Gasteiger partial charge in [0.1, 0.15) is 0 Å². The van der Waals surface area contributed by atoms with Gasteiger partial charge in [-0.3, -0.25) is 4.79 Å². The first kappa shape index (κ1) is 12.9. The summed E-state index contributed by atoms with van der Waals surface area (Å²) < 4.78 is 0. The molecule has 1 aromatic carbocycles. The first-order valence-corrected chi connectivity index (χ1v) is 6.09. The van der Waals surface area contributed by atoms with Crippen molar-refractivity contribution in [3.63, 3.8) is 0 Å². The van der Waals surface area contributed by atoms with Gasteiger partial charge in [-0.1, -0.05) is 6.07 Å². The molecule has 0 saturated heterocycles. The summed E-state index contributed by atoms with van der Waals surface area (Å²) in [6.45, 7) is 0.376. The van der Waals surface area contributed by atoms with Crippen molar-refractivity contribution in [2.45, 2.75) is 31.4 Å². The highest BCUT2D eigenvalue weighted by atomic mass is 16.4. The molecule has 0 aromatic heterocycles. The van der Waals surface area contributed by atoms with E-state index in [4.69, 9.17) is 10.8 Å². The third-order valence-corrected chi connectivity index (χ3v) is 3.34. The molecule has 5 heteroatoms. The van der Waals surface area contributed by atoms with Crippen LogP contribution < -0.4 is 11.1 Å². The number of aliphatic hydroxyl groups excluding tert-OH is 1. The van der Waals surface area contributed by atoms with Crippen LogP contribution in [-0.2, 0) is 11.2 Å². The Bertz CT molecular complexity index is 448. The van der Waals surface area contributed by atoms with E-state index in [0.717, 1.165) is 24.0 Å². The number of aryl methyl sites for hydroxylation is 1. The average Bonchev–Trinajstić information content (AvgIpc) is 2.31. The van der Waals surface area contributed by atoms with Crippen LogP contribution in [0.1, 0.15) is 30.1 Å². The number of hydrogen-bond acceptors (Lipinski definition) is 4. The van der Waals surface area contributed by atoms with E-state index in [1.807, 2.05) is 12.1 Å². The number of benzene rings is 1. The predicted octanol–water partition coefficient (Wildman–Crippen LogP) is 0.681. The molecule has 0 saturated carbocycles. The molecule has 0 spiro atoms. The predicted molar refractivity (Wildman–Crippen MR) is 68.2 cm³/mol. The number of nitrogens with two attached hydrogens (primary N) is 1. The van der Waals surface area contributed by atoms with Gasteiger partial charge in [0, 0.05) is 18.3 Å². The normalized spacial score (nSPS) is 22.5. The molecule has 2 unspecified atom stereocenters. The van der Waals surface area contributed by atoms with Gasteiger partial charge in [0.2, 0.25) is 0 Å². The molecule has 1 aliphatic carbocycles. The number of carboxylic acids is 1. The fourth-order valence-corrected chi connectivity index (χ4v) is 2.39. The zero-order chi connectivity index (χ0) is 13.1. The maximum absolute atomic E-state index is 10.4. The molecule has 0 heterocycles. The van der Waals surface area contributed by atoms with Crippen LogP contribution in [0.4, 0.5) is 5.69 Å². The van der Waals surface area contributed by atoms with Gasteiger partial charge in [-0.05, 0) is 36.1 Å². The quantitative estimate of drug-likeness (QED) is 0.589. The smallest absolute Gasteiger partial charge is 0.304 e. The van der Waals surface area contributed by atoms with Crippen LogP contribution in [0.2, 0.25) is 0 Å². The molecule has 1 aromatic rings. The van der Waals surface area contributed by atoms with E-state index >= 15 is 0 Å². The Labute approximate surface area is 106 Å². The second-order valence-electron chi connectivity index (χ2n) is 4.65. The van der Waals surface area contributed by atoms with Crippen molar-refractivity contribution in [1.82, 2.24) is 5.32 Å². The first-order valence-electron chi connectivity index (χ1n) is 6.09. The molecule has 0 bridgehead atoms. The molecule has 1 aliphatic rings. The van der Waals surface area contributed by atoms with Crippen molar-refractivity contribution in [2.24, 2.45) is 0 Å². The highest BCUT2D eigenvalue weighted by Gasteiger charge is 2.27. The van der Waals surface area contributed by atoms with Gasteiger partial charge < -0.3 is 21.3 Å².